The van der Waals surface area contributed by atoms with Crippen LogP contribution in [0.4, 0.5) is 0 Å². The number of nitrogens with zero attached hydrogens (tertiary/aromatic N) is 2. The van der Waals surface area contributed by atoms with Gasteiger partial charge in [-0.3, -0.25) is 14.5 Å². The van der Waals surface area contributed by atoms with Crippen molar-refractivity contribution in [3.8, 4) is 11.5 Å². The van der Waals surface area contributed by atoms with E-state index in [1.54, 1.807) is 24.1 Å². The quantitative estimate of drug-likeness (QED) is 0.208. The van der Waals surface area contributed by atoms with Gasteiger partial charge in [-0.2, -0.15) is 0 Å². The number of rotatable bonds is 10. The van der Waals surface area contributed by atoms with Crippen molar-refractivity contribution in [2.75, 3.05) is 46.5 Å². The fourth-order valence-electron chi connectivity index (χ4n) is 5.59. The number of aliphatic hydroxyl groups is 1. The first-order valence-electron chi connectivity index (χ1n) is 14.4. The lowest BCUT2D eigenvalue weighted by molar-refractivity contribution is -0.140. The number of methoxy groups -OCH3 is 1. The van der Waals surface area contributed by atoms with Gasteiger partial charge in [0.15, 0.2) is 11.5 Å². The molecule has 2 fully saturated rings. The zero-order chi connectivity index (χ0) is 29.6. The summed E-state index contributed by atoms with van der Waals surface area (Å²) in [5.41, 5.74) is 4.07. The molecule has 1 atom stereocenters. The largest absolute Gasteiger partial charge is 0.507 e. The summed E-state index contributed by atoms with van der Waals surface area (Å²) >= 11 is 0. The fourth-order valence-corrected chi connectivity index (χ4v) is 5.59. The van der Waals surface area contributed by atoms with Gasteiger partial charge in [-0.15, -0.1) is 0 Å². The van der Waals surface area contributed by atoms with Crippen molar-refractivity contribution in [3.63, 3.8) is 0 Å². The van der Waals surface area contributed by atoms with E-state index in [0.29, 0.717) is 55.4 Å². The van der Waals surface area contributed by atoms with E-state index in [-0.39, 0.29) is 11.3 Å². The standard InChI is InChI=1S/C34H38N2O6/c1-23-10-11-24(2)27(20-23)32(37)30-31(36(34(39)33(30)38)15-7-14-35-16-18-41-19-17-35)26-12-13-28(29(21-26)40-3)42-22-25-8-5-4-6-9-25/h4-6,8-13,20-21,31,37H,7,14-19,22H2,1-3H3/b32-30+. The van der Waals surface area contributed by atoms with E-state index < -0.39 is 17.7 Å². The van der Waals surface area contributed by atoms with Gasteiger partial charge in [0.05, 0.1) is 31.9 Å². The van der Waals surface area contributed by atoms with Crippen LogP contribution in [0.2, 0.25) is 0 Å². The Morgan fingerprint density at radius 2 is 1.71 bits per heavy atom. The van der Waals surface area contributed by atoms with Gasteiger partial charge in [-0.1, -0.05) is 54.1 Å². The molecule has 0 bridgehead atoms. The summed E-state index contributed by atoms with van der Waals surface area (Å²) in [7, 11) is 1.56. The van der Waals surface area contributed by atoms with E-state index in [2.05, 4.69) is 4.90 Å². The topological polar surface area (TPSA) is 88.5 Å². The van der Waals surface area contributed by atoms with Crippen LogP contribution in [-0.2, 0) is 20.9 Å². The molecule has 2 saturated heterocycles. The second kappa shape index (κ2) is 13.2. The molecule has 8 nitrogen and oxygen atoms in total. The van der Waals surface area contributed by atoms with Gasteiger partial charge in [0.1, 0.15) is 12.4 Å². The normalized spacial score (nSPS) is 18.8. The van der Waals surface area contributed by atoms with Gasteiger partial charge in [0.2, 0.25) is 0 Å². The van der Waals surface area contributed by atoms with Crippen LogP contribution in [0.1, 0.15) is 40.3 Å². The molecule has 0 aliphatic carbocycles. The molecule has 2 heterocycles. The molecule has 1 N–H and O–H groups in total. The highest BCUT2D eigenvalue weighted by Gasteiger charge is 2.46. The molecular formula is C34H38N2O6. The summed E-state index contributed by atoms with van der Waals surface area (Å²) in [4.78, 5) is 30.9. The lowest BCUT2D eigenvalue weighted by Crippen LogP contribution is -2.39. The van der Waals surface area contributed by atoms with Gasteiger partial charge in [-0.05, 0) is 55.2 Å². The monoisotopic (exact) mass is 570 g/mol. The van der Waals surface area contributed by atoms with Crippen molar-refractivity contribution >= 4 is 17.4 Å². The molecule has 2 aliphatic rings. The Balaban J connectivity index is 1.50. The van der Waals surface area contributed by atoms with Crippen molar-refractivity contribution in [2.45, 2.75) is 32.9 Å². The van der Waals surface area contributed by atoms with Crippen molar-refractivity contribution in [1.29, 1.82) is 0 Å². The van der Waals surface area contributed by atoms with Crippen molar-refractivity contribution < 1.29 is 28.9 Å². The summed E-state index contributed by atoms with van der Waals surface area (Å²) in [6.45, 7) is 8.39. The molecule has 0 spiro atoms. The molecule has 3 aromatic rings. The maximum Gasteiger partial charge on any atom is 0.295 e. The van der Waals surface area contributed by atoms with E-state index in [4.69, 9.17) is 14.2 Å². The van der Waals surface area contributed by atoms with Crippen LogP contribution in [0, 0.1) is 13.8 Å². The van der Waals surface area contributed by atoms with E-state index >= 15 is 0 Å². The van der Waals surface area contributed by atoms with Crippen LogP contribution in [0.15, 0.2) is 72.3 Å². The highest BCUT2D eigenvalue weighted by molar-refractivity contribution is 6.46. The van der Waals surface area contributed by atoms with Crippen molar-refractivity contribution in [1.82, 2.24) is 9.80 Å². The Kier molecular flexibility index (Phi) is 9.25. The van der Waals surface area contributed by atoms with Gasteiger partial charge in [-0.25, -0.2) is 0 Å². The molecular weight excluding hydrogens is 532 g/mol. The Bertz CT molecular complexity index is 1460. The summed E-state index contributed by atoms with van der Waals surface area (Å²) in [5.74, 6) is -0.443. The van der Waals surface area contributed by atoms with Crippen LogP contribution in [0.3, 0.4) is 0 Å². The maximum atomic E-state index is 13.6. The first-order valence-corrected chi connectivity index (χ1v) is 14.4. The molecule has 0 saturated carbocycles. The number of aryl methyl sites for hydroxylation is 2. The lowest BCUT2D eigenvalue weighted by Gasteiger charge is -2.29. The second-order valence-electron chi connectivity index (χ2n) is 10.8. The minimum atomic E-state index is -0.772. The summed E-state index contributed by atoms with van der Waals surface area (Å²) in [6.07, 6.45) is 0.683. The third-order valence-corrected chi connectivity index (χ3v) is 7.91. The summed E-state index contributed by atoms with van der Waals surface area (Å²) in [6, 6.07) is 20.2. The number of morpholine rings is 1. The van der Waals surface area contributed by atoms with Crippen LogP contribution in [0.25, 0.3) is 5.76 Å². The van der Waals surface area contributed by atoms with Gasteiger partial charge in [0, 0.05) is 31.7 Å². The average molecular weight is 571 g/mol. The number of hydrogen-bond acceptors (Lipinski definition) is 7. The minimum absolute atomic E-state index is 0.0834. The van der Waals surface area contributed by atoms with Crippen molar-refractivity contribution in [2.24, 2.45) is 0 Å². The molecule has 220 valence electrons. The molecule has 3 aromatic carbocycles. The SMILES string of the molecule is COc1cc(C2/C(=C(\O)c3cc(C)ccc3C)C(=O)C(=O)N2CCCN2CCOCC2)ccc1OCc1ccccc1. The zero-order valence-electron chi connectivity index (χ0n) is 24.5. The first-order chi connectivity index (χ1) is 20.4. The third kappa shape index (κ3) is 6.35. The number of amides is 1. The molecule has 5 rings (SSSR count). The van der Waals surface area contributed by atoms with E-state index in [9.17, 15) is 14.7 Å². The average Bonchev–Trinajstić information content (AvgIpc) is 3.27. The molecule has 1 unspecified atom stereocenters. The Hall–Kier alpha value is -4.14. The van der Waals surface area contributed by atoms with E-state index in [1.807, 2.05) is 68.4 Å². The van der Waals surface area contributed by atoms with Gasteiger partial charge < -0.3 is 24.2 Å². The van der Waals surface area contributed by atoms with Crippen LogP contribution < -0.4 is 9.47 Å². The molecule has 0 aromatic heterocycles. The second-order valence-corrected chi connectivity index (χ2v) is 10.8. The maximum absolute atomic E-state index is 13.6. The van der Waals surface area contributed by atoms with E-state index in [1.165, 1.54) is 0 Å². The van der Waals surface area contributed by atoms with E-state index in [0.717, 1.165) is 36.3 Å². The minimum Gasteiger partial charge on any atom is -0.507 e. The number of Topliss-reactive ketones (excluding diaryl/α,β-unsaturated/α-hetero) is 1. The summed E-state index contributed by atoms with van der Waals surface area (Å²) < 4.78 is 17.2. The van der Waals surface area contributed by atoms with Gasteiger partial charge >= 0.3 is 0 Å². The number of ether oxygens (including phenoxy) is 3. The van der Waals surface area contributed by atoms with Crippen molar-refractivity contribution in [3.05, 3.63) is 100 Å². The van der Waals surface area contributed by atoms with Crippen LogP contribution >= 0.6 is 0 Å². The number of carbonyl (C=O) groups excluding carboxylic acids is 2. The number of ketones is 1. The molecule has 2 aliphatic heterocycles. The van der Waals surface area contributed by atoms with Crippen LogP contribution in [0.5, 0.6) is 11.5 Å². The predicted molar refractivity (Wildman–Crippen MR) is 161 cm³/mol. The zero-order valence-corrected chi connectivity index (χ0v) is 24.5. The van der Waals surface area contributed by atoms with Gasteiger partial charge in [0.25, 0.3) is 11.7 Å². The smallest absolute Gasteiger partial charge is 0.295 e. The molecule has 42 heavy (non-hydrogen) atoms. The third-order valence-electron chi connectivity index (χ3n) is 7.91. The predicted octanol–water partition coefficient (Wildman–Crippen LogP) is 5.04. The highest BCUT2D eigenvalue weighted by atomic mass is 16.5. The Morgan fingerprint density at radius 3 is 2.45 bits per heavy atom. The number of aliphatic hydroxyl groups excluding tert-OH is 1. The fraction of sp³-hybridized carbons (Fsp3) is 0.353. The van der Waals surface area contributed by atoms with Crippen LogP contribution in [-0.4, -0.2) is 73.1 Å². The number of hydrogen-bond donors (Lipinski definition) is 1. The Labute approximate surface area is 247 Å². The number of likely N-dealkylation sites (tertiary alicyclic amines) is 1. The Morgan fingerprint density at radius 1 is 0.952 bits per heavy atom. The molecule has 8 heteroatoms. The highest BCUT2D eigenvalue weighted by Crippen LogP contribution is 2.42. The number of carbonyl (C=O) groups is 2. The number of benzene rings is 3. The molecule has 0 radical (unpaired) electrons. The first kappa shape index (κ1) is 29.4. The summed E-state index contributed by atoms with van der Waals surface area (Å²) in [5, 5.41) is 11.6. The lowest BCUT2D eigenvalue weighted by atomic mass is 9.93. The molecule has 1 amide bonds.